The first kappa shape index (κ1) is 10.6. The highest BCUT2D eigenvalue weighted by molar-refractivity contribution is 7.73. The molecule has 0 N–H and O–H groups in total. The van der Waals surface area contributed by atoms with Crippen molar-refractivity contribution in [2.24, 2.45) is 0 Å². The van der Waals surface area contributed by atoms with Gasteiger partial charge in [0.15, 0.2) is 3.95 Å². The molecule has 0 saturated carbocycles. The molecule has 0 aromatic carbocycles. The maximum absolute atomic E-state index is 5.40. The highest BCUT2D eigenvalue weighted by atomic mass is 32.1. The van der Waals surface area contributed by atoms with Crippen LogP contribution in [0.4, 0.5) is 0 Å². The molecule has 0 amide bonds. The van der Waals surface area contributed by atoms with Crippen molar-refractivity contribution < 1.29 is 0 Å². The molecule has 17 heavy (non-hydrogen) atoms. The van der Waals surface area contributed by atoms with Crippen LogP contribution in [-0.4, -0.2) is 14.5 Å². The summed E-state index contributed by atoms with van der Waals surface area (Å²) in [5.74, 6) is 0.886. The van der Waals surface area contributed by atoms with Crippen molar-refractivity contribution in [3.05, 3.63) is 46.2 Å². The molecule has 0 aliphatic rings. The number of hydrogen-bond acceptors (Lipinski definition) is 4. The van der Waals surface area contributed by atoms with Crippen molar-refractivity contribution in [2.45, 2.75) is 6.92 Å². The fourth-order valence-electron chi connectivity index (χ4n) is 1.77. The van der Waals surface area contributed by atoms with Gasteiger partial charge in [-0.05, 0) is 42.9 Å². The summed E-state index contributed by atoms with van der Waals surface area (Å²) in [7, 11) is 0. The second-order valence-electron chi connectivity index (χ2n) is 3.67. The average molecular weight is 259 g/mol. The van der Waals surface area contributed by atoms with Gasteiger partial charge in [0.25, 0.3) is 0 Å². The van der Waals surface area contributed by atoms with Crippen LogP contribution in [0.15, 0.2) is 36.7 Å². The summed E-state index contributed by atoms with van der Waals surface area (Å²) >= 11 is 6.91. The Balaban J connectivity index is 2.42. The number of thiazole rings is 1. The molecule has 3 aromatic heterocycles. The third-order valence-electron chi connectivity index (χ3n) is 2.55. The Morgan fingerprint density at radius 1 is 1.18 bits per heavy atom. The summed E-state index contributed by atoms with van der Waals surface area (Å²) in [5.41, 5.74) is 2.12. The van der Waals surface area contributed by atoms with Gasteiger partial charge < -0.3 is 0 Å². The summed E-state index contributed by atoms with van der Waals surface area (Å²) in [6.07, 6.45) is 3.56. The van der Waals surface area contributed by atoms with Gasteiger partial charge in [0.2, 0.25) is 0 Å². The SMILES string of the molecule is Cc1cccnc1-n1c(=S)sc2ncccc21. The zero-order valence-electron chi connectivity index (χ0n) is 9.12. The molecule has 3 aromatic rings. The van der Waals surface area contributed by atoms with E-state index in [1.807, 2.05) is 35.8 Å². The molecule has 3 rings (SSSR count). The third-order valence-corrected chi connectivity index (χ3v) is 3.85. The van der Waals surface area contributed by atoms with Crippen LogP contribution in [0.2, 0.25) is 0 Å². The van der Waals surface area contributed by atoms with E-state index >= 15 is 0 Å². The van der Waals surface area contributed by atoms with Crippen LogP contribution in [0.5, 0.6) is 0 Å². The van der Waals surface area contributed by atoms with Crippen LogP contribution >= 0.6 is 23.6 Å². The lowest BCUT2D eigenvalue weighted by Crippen LogP contribution is -1.99. The maximum atomic E-state index is 5.40. The average Bonchev–Trinajstić information content (AvgIpc) is 2.66. The molecule has 3 nitrogen and oxygen atoms in total. The number of aromatic nitrogens is 3. The van der Waals surface area contributed by atoms with Gasteiger partial charge in [-0.2, -0.15) is 0 Å². The van der Waals surface area contributed by atoms with Gasteiger partial charge in [0, 0.05) is 12.4 Å². The molecule has 0 unspecified atom stereocenters. The number of pyridine rings is 2. The maximum Gasteiger partial charge on any atom is 0.169 e. The Bertz CT molecular complexity index is 743. The molecular formula is C12H9N3S2. The normalized spacial score (nSPS) is 10.9. The van der Waals surface area contributed by atoms with E-state index in [2.05, 4.69) is 9.97 Å². The quantitative estimate of drug-likeness (QED) is 0.626. The van der Waals surface area contributed by atoms with Gasteiger partial charge in [0.1, 0.15) is 10.6 Å². The summed E-state index contributed by atoms with van der Waals surface area (Å²) in [4.78, 5) is 9.67. The molecule has 84 valence electrons. The second kappa shape index (κ2) is 4.01. The van der Waals surface area contributed by atoms with Crippen LogP contribution < -0.4 is 0 Å². The Morgan fingerprint density at radius 2 is 1.94 bits per heavy atom. The van der Waals surface area contributed by atoms with E-state index in [0.717, 1.165) is 25.7 Å². The number of fused-ring (bicyclic) bond motifs is 1. The van der Waals surface area contributed by atoms with Gasteiger partial charge in [0.05, 0.1) is 5.52 Å². The standard InChI is InChI=1S/C12H9N3S2/c1-8-4-2-6-13-10(8)15-9-5-3-7-14-11(9)17-12(15)16/h2-7H,1H3. The van der Waals surface area contributed by atoms with E-state index in [9.17, 15) is 0 Å². The van der Waals surface area contributed by atoms with Crippen molar-refractivity contribution in [2.75, 3.05) is 0 Å². The number of aryl methyl sites for hydroxylation is 1. The first-order chi connectivity index (χ1) is 8.27. The van der Waals surface area contributed by atoms with Gasteiger partial charge in [-0.15, -0.1) is 0 Å². The van der Waals surface area contributed by atoms with Crippen molar-refractivity contribution >= 4 is 33.9 Å². The zero-order valence-corrected chi connectivity index (χ0v) is 10.8. The van der Waals surface area contributed by atoms with Crippen LogP contribution in [0.25, 0.3) is 16.2 Å². The van der Waals surface area contributed by atoms with Crippen molar-refractivity contribution in [1.82, 2.24) is 14.5 Å². The van der Waals surface area contributed by atoms with Gasteiger partial charge >= 0.3 is 0 Å². The molecule has 0 radical (unpaired) electrons. The minimum absolute atomic E-state index is 0.778. The number of rotatable bonds is 1. The molecule has 3 heterocycles. The molecule has 0 atom stereocenters. The van der Waals surface area contributed by atoms with Crippen molar-refractivity contribution in [1.29, 1.82) is 0 Å². The Kier molecular flexibility index (Phi) is 2.49. The molecule has 5 heteroatoms. The Morgan fingerprint density at radius 3 is 2.76 bits per heavy atom. The molecule has 0 fully saturated rings. The summed E-state index contributed by atoms with van der Waals surface area (Å²) in [6.45, 7) is 2.03. The smallest absolute Gasteiger partial charge is 0.169 e. The number of hydrogen-bond donors (Lipinski definition) is 0. The largest absolute Gasteiger partial charge is 0.274 e. The molecule has 0 spiro atoms. The third kappa shape index (κ3) is 1.67. The molecular weight excluding hydrogens is 250 g/mol. The van der Waals surface area contributed by atoms with E-state index in [1.165, 1.54) is 11.3 Å². The zero-order chi connectivity index (χ0) is 11.8. The lowest BCUT2D eigenvalue weighted by atomic mass is 10.3. The van der Waals surface area contributed by atoms with Crippen LogP contribution in [0.3, 0.4) is 0 Å². The summed E-state index contributed by atoms with van der Waals surface area (Å²) < 4.78 is 2.76. The van der Waals surface area contributed by atoms with E-state index in [4.69, 9.17) is 12.2 Å². The minimum atomic E-state index is 0.778. The fraction of sp³-hybridized carbons (Fsp3) is 0.0833. The fourth-order valence-corrected chi connectivity index (χ4v) is 3.01. The van der Waals surface area contributed by atoms with Crippen LogP contribution in [0, 0.1) is 10.9 Å². The number of nitrogens with zero attached hydrogens (tertiary/aromatic N) is 3. The Hall–Kier alpha value is -1.59. The topological polar surface area (TPSA) is 30.7 Å². The second-order valence-corrected chi connectivity index (χ2v) is 5.30. The van der Waals surface area contributed by atoms with E-state index in [0.29, 0.717) is 0 Å². The van der Waals surface area contributed by atoms with Crippen LogP contribution in [0.1, 0.15) is 5.56 Å². The van der Waals surface area contributed by atoms with Gasteiger partial charge in [-0.1, -0.05) is 17.4 Å². The van der Waals surface area contributed by atoms with E-state index in [1.54, 1.807) is 12.4 Å². The van der Waals surface area contributed by atoms with Gasteiger partial charge in [-0.25, -0.2) is 9.97 Å². The van der Waals surface area contributed by atoms with Crippen molar-refractivity contribution in [3.8, 4) is 5.82 Å². The minimum Gasteiger partial charge on any atom is -0.274 e. The monoisotopic (exact) mass is 259 g/mol. The lowest BCUT2D eigenvalue weighted by Gasteiger charge is -2.06. The lowest BCUT2D eigenvalue weighted by molar-refractivity contribution is 1.02. The predicted molar refractivity (Wildman–Crippen MR) is 72.3 cm³/mol. The summed E-state index contributed by atoms with van der Waals surface area (Å²) in [6, 6.07) is 7.89. The highest BCUT2D eigenvalue weighted by Gasteiger charge is 2.09. The summed E-state index contributed by atoms with van der Waals surface area (Å²) in [5, 5.41) is 0. The van der Waals surface area contributed by atoms with E-state index < -0.39 is 0 Å². The van der Waals surface area contributed by atoms with E-state index in [-0.39, 0.29) is 0 Å². The molecule has 0 saturated heterocycles. The molecule has 0 bridgehead atoms. The van der Waals surface area contributed by atoms with Gasteiger partial charge in [-0.3, -0.25) is 4.57 Å². The highest BCUT2D eigenvalue weighted by Crippen LogP contribution is 2.24. The first-order valence-electron chi connectivity index (χ1n) is 5.16. The molecule has 0 aliphatic heterocycles. The predicted octanol–water partition coefficient (Wildman–Crippen LogP) is 3.52. The van der Waals surface area contributed by atoms with Crippen molar-refractivity contribution in [3.63, 3.8) is 0 Å². The molecule has 0 aliphatic carbocycles. The van der Waals surface area contributed by atoms with Crippen LogP contribution in [-0.2, 0) is 0 Å². The first-order valence-corrected chi connectivity index (χ1v) is 6.38. The Labute approximate surface area is 107 Å².